The Morgan fingerprint density at radius 3 is 1.40 bits per heavy atom. The number of carbonyl (C=O) groups is 2. The van der Waals surface area contributed by atoms with Gasteiger partial charge in [0.1, 0.15) is 36.8 Å². The molecule has 13 heteroatoms. The van der Waals surface area contributed by atoms with Crippen molar-refractivity contribution in [2.24, 2.45) is 0 Å². The van der Waals surface area contributed by atoms with Crippen LogP contribution in [0.5, 0.6) is 0 Å². The van der Waals surface area contributed by atoms with Crippen LogP contribution in [0.25, 0.3) is 0 Å². The fourth-order valence-electron chi connectivity index (χ4n) is 8.06. The molecule has 0 aromatic carbocycles. The zero-order chi connectivity index (χ0) is 51.2. The molecule has 0 aromatic rings. The second-order valence-corrected chi connectivity index (χ2v) is 20.4. The number of allylic oxidation sites excluding steroid dienone is 12. The van der Waals surface area contributed by atoms with Crippen LogP contribution < -0.4 is 0 Å². The van der Waals surface area contributed by atoms with Crippen LogP contribution in [0.15, 0.2) is 72.9 Å². The summed E-state index contributed by atoms with van der Waals surface area (Å²) in [7, 11) is -4.62. The molecule has 2 unspecified atom stereocenters. The number of hydrogen-bond donors (Lipinski definition) is 4. The van der Waals surface area contributed by atoms with Crippen LogP contribution in [0.4, 0.5) is 0 Å². The van der Waals surface area contributed by atoms with Crippen molar-refractivity contribution in [3.05, 3.63) is 72.9 Å². The van der Waals surface area contributed by atoms with Crippen LogP contribution in [0.1, 0.15) is 219 Å². The SMILES string of the molecule is CC/C=C/C/C=C/C/C=C/C/C=C/C/C=C/CCCCCC(=O)OC[C@H](CO[C@H]1O[C@H](CS(=O)(=O)O)[C@@H](O)C(O)C1O)OC(=O)CCC/C=C/CCCCCCCCCCCCCCCCCCCC. The van der Waals surface area contributed by atoms with Crippen molar-refractivity contribution in [2.45, 2.75) is 256 Å². The van der Waals surface area contributed by atoms with E-state index in [1.54, 1.807) is 0 Å². The van der Waals surface area contributed by atoms with Gasteiger partial charge in [-0.25, -0.2) is 0 Å². The lowest BCUT2D eigenvalue weighted by Crippen LogP contribution is -2.60. The Morgan fingerprint density at radius 2 is 0.914 bits per heavy atom. The monoisotopic (exact) mass is 1010 g/mol. The highest BCUT2D eigenvalue weighted by atomic mass is 32.2. The fourth-order valence-corrected chi connectivity index (χ4v) is 8.75. The highest BCUT2D eigenvalue weighted by molar-refractivity contribution is 7.85. The van der Waals surface area contributed by atoms with Crippen molar-refractivity contribution < 1.29 is 56.8 Å². The van der Waals surface area contributed by atoms with E-state index in [2.05, 4.69) is 86.8 Å². The zero-order valence-corrected chi connectivity index (χ0v) is 44.4. The van der Waals surface area contributed by atoms with E-state index in [9.17, 15) is 37.9 Å². The van der Waals surface area contributed by atoms with Gasteiger partial charge < -0.3 is 34.3 Å². The van der Waals surface area contributed by atoms with Gasteiger partial charge in [0.05, 0.1) is 6.61 Å². The van der Waals surface area contributed by atoms with Gasteiger partial charge in [0.25, 0.3) is 10.1 Å². The van der Waals surface area contributed by atoms with Crippen LogP contribution in [0, 0.1) is 0 Å². The van der Waals surface area contributed by atoms with Gasteiger partial charge in [-0.1, -0.05) is 202 Å². The maximum Gasteiger partial charge on any atom is 0.306 e. The first-order valence-electron chi connectivity index (χ1n) is 27.5. The molecule has 0 spiro atoms. The van der Waals surface area contributed by atoms with Crippen molar-refractivity contribution in [2.75, 3.05) is 19.0 Å². The second-order valence-electron chi connectivity index (χ2n) is 18.9. The molecule has 4 N–H and O–H groups in total. The molecule has 0 amide bonds. The van der Waals surface area contributed by atoms with Crippen LogP contribution in [-0.2, 0) is 38.7 Å². The largest absolute Gasteiger partial charge is 0.462 e. The third-order valence-corrected chi connectivity index (χ3v) is 13.0. The van der Waals surface area contributed by atoms with E-state index in [0.717, 1.165) is 64.2 Å². The minimum atomic E-state index is -4.62. The van der Waals surface area contributed by atoms with E-state index in [0.29, 0.717) is 19.3 Å². The molecule has 0 aliphatic carbocycles. The number of esters is 2. The lowest BCUT2D eigenvalue weighted by molar-refractivity contribution is -0.297. The summed E-state index contributed by atoms with van der Waals surface area (Å²) in [6, 6.07) is 0. The molecule has 0 bridgehead atoms. The molecule has 6 atom stereocenters. The Bertz CT molecular complexity index is 1550. The maximum absolute atomic E-state index is 12.9. The van der Waals surface area contributed by atoms with Gasteiger partial charge in [-0.3, -0.25) is 14.1 Å². The molecular formula is C57H98O12S. The van der Waals surface area contributed by atoms with Crippen molar-refractivity contribution >= 4 is 22.1 Å². The minimum absolute atomic E-state index is 0.107. The molecule has 1 rings (SSSR count). The summed E-state index contributed by atoms with van der Waals surface area (Å²) in [5.41, 5.74) is 0. The van der Waals surface area contributed by atoms with Crippen molar-refractivity contribution in [1.29, 1.82) is 0 Å². The fraction of sp³-hybridized carbons (Fsp3) is 0.754. The van der Waals surface area contributed by atoms with Gasteiger partial charge in [0.15, 0.2) is 12.4 Å². The first-order valence-corrected chi connectivity index (χ1v) is 29.1. The van der Waals surface area contributed by atoms with Crippen molar-refractivity contribution in [3.8, 4) is 0 Å². The molecule has 1 saturated heterocycles. The van der Waals surface area contributed by atoms with Gasteiger partial charge in [-0.2, -0.15) is 8.42 Å². The molecule has 404 valence electrons. The van der Waals surface area contributed by atoms with Crippen LogP contribution in [0.2, 0.25) is 0 Å². The Hall–Kier alpha value is -2.91. The third-order valence-electron chi connectivity index (χ3n) is 12.3. The number of unbranched alkanes of at least 4 members (excludes halogenated alkanes) is 22. The van der Waals surface area contributed by atoms with E-state index in [1.165, 1.54) is 109 Å². The Kier molecular flexibility index (Phi) is 42.7. The Morgan fingerprint density at radius 1 is 0.500 bits per heavy atom. The Balaban J connectivity index is 2.38. The number of aliphatic hydroxyl groups is 3. The van der Waals surface area contributed by atoms with Gasteiger partial charge >= 0.3 is 11.9 Å². The van der Waals surface area contributed by atoms with E-state index >= 15 is 0 Å². The number of aliphatic hydroxyl groups excluding tert-OH is 3. The molecule has 1 heterocycles. The average molecular weight is 1010 g/mol. The topological polar surface area (TPSA) is 186 Å². The lowest BCUT2D eigenvalue weighted by Gasteiger charge is -2.40. The van der Waals surface area contributed by atoms with Crippen molar-refractivity contribution in [1.82, 2.24) is 0 Å². The summed E-state index contributed by atoms with van der Waals surface area (Å²) in [5.74, 6) is -2.07. The predicted molar refractivity (Wildman–Crippen MR) is 284 cm³/mol. The summed E-state index contributed by atoms with van der Waals surface area (Å²) >= 11 is 0. The average Bonchev–Trinajstić information content (AvgIpc) is 3.33. The first kappa shape index (κ1) is 65.1. The summed E-state index contributed by atoms with van der Waals surface area (Å²) < 4.78 is 54.3. The molecule has 0 aromatic heterocycles. The van der Waals surface area contributed by atoms with Gasteiger partial charge in [-0.15, -0.1) is 0 Å². The van der Waals surface area contributed by atoms with Crippen molar-refractivity contribution in [3.63, 3.8) is 0 Å². The molecule has 0 radical (unpaired) electrons. The van der Waals surface area contributed by atoms with Gasteiger partial charge in [0.2, 0.25) is 0 Å². The minimum Gasteiger partial charge on any atom is -0.462 e. The van der Waals surface area contributed by atoms with E-state index in [1.807, 2.05) is 0 Å². The quantitative estimate of drug-likeness (QED) is 0.0196. The van der Waals surface area contributed by atoms with Crippen LogP contribution in [-0.4, -0.2) is 96.0 Å². The van der Waals surface area contributed by atoms with Crippen LogP contribution in [0.3, 0.4) is 0 Å². The molecule has 1 aliphatic rings. The van der Waals surface area contributed by atoms with E-state index in [-0.39, 0.29) is 19.4 Å². The number of rotatable bonds is 46. The van der Waals surface area contributed by atoms with E-state index in [4.69, 9.17) is 18.9 Å². The Labute approximate surface area is 425 Å². The normalized spacial score (nSPS) is 19.5. The number of carbonyl (C=O) groups excluding carboxylic acids is 2. The summed E-state index contributed by atoms with van der Waals surface area (Å²) in [4.78, 5) is 25.6. The predicted octanol–water partition coefficient (Wildman–Crippen LogP) is 13.0. The third kappa shape index (κ3) is 39.7. The van der Waals surface area contributed by atoms with Gasteiger partial charge in [0, 0.05) is 12.8 Å². The summed E-state index contributed by atoms with van der Waals surface area (Å²) in [6.07, 6.45) is 51.0. The number of hydrogen-bond acceptors (Lipinski definition) is 11. The summed E-state index contributed by atoms with van der Waals surface area (Å²) in [6.45, 7) is 3.63. The van der Waals surface area contributed by atoms with E-state index < -0.39 is 71.2 Å². The molecule has 1 aliphatic heterocycles. The second kappa shape index (κ2) is 45.9. The highest BCUT2D eigenvalue weighted by Gasteiger charge is 2.46. The smallest absolute Gasteiger partial charge is 0.306 e. The first-order chi connectivity index (χ1) is 34.0. The molecule has 70 heavy (non-hydrogen) atoms. The molecule has 12 nitrogen and oxygen atoms in total. The lowest BCUT2D eigenvalue weighted by atomic mass is 10.00. The van der Waals surface area contributed by atoms with Gasteiger partial charge in [-0.05, 0) is 77.0 Å². The standard InChI is InChI=1S/C57H98O12S/c1-3-5-7-9-11-13-15-17-19-21-23-24-25-26-28-30-32-34-36-38-40-42-44-46-53(59)68-50(48-67-57-56(62)55(61)54(60)51(69-57)49-70(63,64)65)47-66-52(58)45-43-41-39-37-35-33-31-29-27-22-20-18-16-14-12-10-8-6-4-2/h6,8,12,14,18,20,27,29,33,35,38,40,50-51,54-57,60-62H,3-5,7,9-11,13,15-17,19,21-26,28,30-32,34,36-37,39,41-49H2,1-2H3,(H,63,64,65)/b8-6+,14-12+,20-18+,29-27+,35-33+,40-38+/t50-,51-,54-,55?,56?,57+/m1/s1. The van der Waals surface area contributed by atoms with Crippen LogP contribution >= 0.6 is 0 Å². The highest BCUT2D eigenvalue weighted by Crippen LogP contribution is 2.24. The molecule has 0 saturated carbocycles. The maximum atomic E-state index is 12.9. The number of ether oxygens (including phenoxy) is 4. The zero-order valence-electron chi connectivity index (χ0n) is 43.6. The summed E-state index contributed by atoms with van der Waals surface area (Å²) in [5, 5.41) is 31.0. The molecular weight excluding hydrogens is 909 g/mol. The molecule has 1 fully saturated rings.